The zero-order chi connectivity index (χ0) is 12.4. The van der Waals surface area contributed by atoms with Crippen molar-refractivity contribution < 1.29 is 9.90 Å². The molecule has 0 fully saturated rings. The zero-order valence-electron chi connectivity index (χ0n) is 10.1. The van der Waals surface area contributed by atoms with E-state index in [0.717, 1.165) is 11.0 Å². The summed E-state index contributed by atoms with van der Waals surface area (Å²) in [5.41, 5.74) is 1.88. The molecule has 1 aromatic carbocycles. The SMILES string of the molecule is CCC(O)C(=O)Cc1nc2ccccc2n1C. The number of aliphatic hydroxyl groups excluding tert-OH is 1. The van der Waals surface area contributed by atoms with E-state index in [2.05, 4.69) is 4.98 Å². The Kier molecular flexibility index (Phi) is 3.24. The van der Waals surface area contributed by atoms with Crippen LogP contribution < -0.4 is 0 Å². The number of imidazole rings is 1. The van der Waals surface area contributed by atoms with Gasteiger partial charge in [-0.1, -0.05) is 19.1 Å². The van der Waals surface area contributed by atoms with Crippen molar-refractivity contribution in [3.05, 3.63) is 30.1 Å². The Morgan fingerprint density at radius 3 is 2.82 bits per heavy atom. The van der Waals surface area contributed by atoms with Crippen LogP contribution in [0.4, 0.5) is 0 Å². The minimum absolute atomic E-state index is 0.175. The molecule has 2 aromatic rings. The van der Waals surface area contributed by atoms with E-state index < -0.39 is 6.10 Å². The van der Waals surface area contributed by atoms with E-state index in [-0.39, 0.29) is 12.2 Å². The Bertz CT molecular complexity index is 545. The first-order valence-corrected chi connectivity index (χ1v) is 5.74. The van der Waals surface area contributed by atoms with Crippen LogP contribution in [-0.2, 0) is 18.3 Å². The van der Waals surface area contributed by atoms with Gasteiger partial charge in [-0.15, -0.1) is 0 Å². The van der Waals surface area contributed by atoms with Gasteiger partial charge in [-0.05, 0) is 18.6 Å². The maximum absolute atomic E-state index is 11.7. The Morgan fingerprint density at radius 2 is 2.18 bits per heavy atom. The molecule has 4 nitrogen and oxygen atoms in total. The maximum Gasteiger partial charge on any atom is 0.168 e. The molecule has 0 bridgehead atoms. The van der Waals surface area contributed by atoms with E-state index in [1.165, 1.54) is 0 Å². The summed E-state index contributed by atoms with van der Waals surface area (Å²) in [5, 5.41) is 9.47. The van der Waals surface area contributed by atoms with E-state index in [0.29, 0.717) is 12.2 Å². The standard InChI is InChI=1S/C13H16N2O2/c1-3-11(16)12(17)8-13-14-9-6-4-5-7-10(9)15(13)2/h4-7,11,16H,3,8H2,1-2H3. The Morgan fingerprint density at radius 1 is 1.47 bits per heavy atom. The first-order valence-electron chi connectivity index (χ1n) is 5.74. The molecule has 0 aliphatic rings. The van der Waals surface area contributed by atoms with Gasteiger partial charge < -0.3 is 9.67 Å². The molecule has 0 radical (unpaired) electrons. The number of carbonyl (C=O) groups is 1. The van der Waals surface area contributed by atoms with Crippen molar-refractivity contribution in [3.63, 3.8) is 0 Å². The number of hydrogen-bond acceptors (Lipinski definition) is 3. The van der Waals surface area contributed by atoms with Crippen LogP contribution in [0.5, 0.6) is 0 Å². The zero-order valence-corrected chi connectivity index (χ0v) is 10.1. The van der Waals surface area contributed by atoms with E-state index in [9.17, 15) is 9.90 Å². The Balaban J connectivity index is 2.30. The van der Waals surface area contributed by atoms with Crippen molar-refractivity contribution in [1.29, 1.82) is 0 Å². The van der Waals surface area contributed by atoms with Gasteiger partial charge in [-0.3, -0.25) is 4.79 Å². The largest absolute Gasteiger partial charge is 0.385 e. The average molecular weight is 232 g/mol. The van der Waals surface area contributed by atoms with Gasteiger partial charge in [0.1, 0.15) is 11.9 Å². The normalized spacial score (nSPS) is 12.9. The predicted molar refractivity (Wildman–Crippen MR) is 65.7 cm³/mol. The second-order valence-corrected chi connectivity index (χ2v) is 4.14. The van der Waals surface area contributed by atoms with Crippen LogP contribution in [0.3, 0.4) is 0 Å². The van der Waals surface area contributed by atoms with Crippen LogP contribution in [0.25, 0.3) is 11.0 Å². The number of aromatic nitrogens is 2. The van der Waals surface area contributed by atoms with Gasteiger partial charge >= 0.3 is 0 Å². The molecule has 0 saturated heterocycles. The lowest BCUT2D eigenvalue weighted by Gasteiger charge is -2.06. The third kappa shape index (κ3) is 2.22. The van der Waals surface area contributed by atoms with Gasteiger partial charge in [0.25, 0.3) is 0 Å². The number of rotatable bonds is 4. The van der Waals surface area contributed by atoms with Crippen LogP contribution in [0.1, 0.15) is 19.2 Å². The number of Topliss-reactive ketones (excluding diaryl/α,β-unsaturated/α-hetero) is 1. The topological polar surface area (TPSA) is 55.1 Å². The number of para-hydroxylation sites is 2. The van der Waals surface area contributed by atoms with Crippen LogP contribution in [0, 0.1) is 0 Å². The van der Waals surface area contributed by atoms with Crippen molar-refractivity contribution in [1.82, 2.24) is 9.55 Å². The number of carbonyl (C=O) groups excluding carboxylic acids is 1. The Labute approximate surface area is 99.9 Å². The number of benzene rings is 1. The lowest BCUT2D eigenvalue weighted by atomic mass is 10.1. The highest BCUT2D eigenvalue weighted by atomic mass is 16.3. The van der Waals surface area contributed by atoms with Crippen molar-refractivity contribution in [2.24, 2.45) is 7.05 Å². The molecule has 0 aliphatic carbocycles. The summed E-state index contributed by atoms with van der Waals surface area (Å²) in [5.74, 6) is 0.523. The number of ketones is 1. The van der Waals surface area contributed by atoms with Crippen molar-refractivity contribution in [3.8, 4) is 0 Å². The van der Waals surface area contributed by atoms with Gasteiger partial charge in [0.05, 0.1) is 17.5 Å². The molecule has 0 aliphatic heterocycles. The highest BCUT2D eigenvalue weighted by Gasteiger charge is 2.16. The predicted octanol–water partition coefficient (Wildman–Crippen LogP) is 1.46. The maximum atomic E-state index is 11.7. The molecule has 1 unspecified atom stereocenters. The molecule has 0 amide bonds. The summed E-state index contributed by atoms with van der Waals surface area (Å²) >= 11 is 0. The molecule has 90 valence electrons. The molecule has 1 heterocycles. The van der Waals surface area contributed by atoms with Crippen molar-refractivity contribution >= 4 is 16.8 Å². The first-order chi connectivity index (χ1) is 8.13. The van der Waals surface area contributed by atoms with Gasteiger partial charge in [0, 0.05) is 7.05 Å². The van der Waals surface area contributed by atoms with E-state index >= 15 is 0 Å². The van der Waals surface area contributed by atoms with Gasteiger partial charge in [-0.25, -0.2) is 4.98 Å². The summed E-state index contributed by atoms with van der Waals surface area (Å²) in [6.45, 7) is 1.79. The Hall–Kier alpha value is -1.68. The fourth-order valence-corrected chi connectivity index (χ4v) is 1.85. The van der Waals surface area contributed by atoms with Gasteiger partial charge in [-0.2, -0.15) is 0 Å². The second kappa shape index (κ2) is 4.67. The lowest BCUT2D eigenvalue weighted by Crippen LogP contribution is -2.22. The summed E-state index contributed by atoms with van der Waals surface area (Å²) in [6, 6.07) is 7.74. The molecule has 1 N–H and O–H groups in total. The summed E-state index contributed by atoms with van der Waals surface area (Å²) in [4.78, 5) is 16.1. The van der Waals surface area contributed by atoms with E-state index in [1.54, 1.807) is 6.92 Å². The number of nitrogens with zero attached hydrogens (tertiary/aromatic N) is 2. The number of fused-ring (bicyclic) bond motifs is 1. The van der Waals surface area contributed by atoms with Crippen LogP contribution in [0.2, 0.25) is 0 Å². The fourth-order valence-electron chi connectivity index (χ4n) is 1.85. The van der Waals surface area contributed by atoms with Gasteiger partial charge in [0.2, 0.25) is 0 Å². The fraction of sp³-hybridized carbons (Fsp3) is 0.385. The highest BCUT2D eigenvalue weighted by molar-refractivity contribution is 5.85. The van der Waals surface area contributed by atoms with Crippen LogP contribution >= 0.6 is 0 Å². The number of aliphatic hydroxyl groups is 1. The third-order valence-electron chi connectivity index (χ3n) is 2.97. The molecule has 1 atom stereocenters. The summed E-state index contributed by atoms with van der Waals surface area (Å²) in [6.07, 6.45) is -0.252. The van der Waals surface area contributed by atoms with Crippen molar-refractivity contribution in [2.75, 3.05) is 0 Å². The molecule has 0 saturated carbocycles. The molecule has 1 aromatic heterocycles. The van der Waals surface area contributed by atoms with E-state index in [1.807, 2.05) is 35.9 Å². The number of hydrogen-bond donors (Lipinski definition) is 1. The first kappa shape index (κ1) is 11.8. The molecule has 0 spiro atoms. The molecule has 17 heavy (non-hydrogen) atoms. The average Bonchev–Trinajstić information content (AvgIpc) is 2.66. The molecule has 2 rings (SSSR count). The van der Waals surface area contributed by atoms with E-state index in [4.69, 9.17) is 0 Å². The van der Waals surface area contributed by atoms with Crippen LogP contribution in [0.15, 0.2) is 24.3 Å². The minimum Gasteiger partial charge on any atom is -0.385 e. The summed E-state index contributed by atoms with van der Waals surface area (Å²) in [7, 11) is 1.89. The number of aryl methyl sites for hydroxylation is 1. The second-order valence-electron chi connectivity index (χ2n) is 4.14. The highest BCUT2D eigenvalue weighted by Crippen LogP contribution is 2.15. The van der Waals surface area contributed by atoms with Crippen molar-refractivity contribution in [2.45, 2.75) is 25.9 Å². The minimum atomic E-state index is -0.880. The molecular weight excluding hydrogens is 216 g/mol. The third-order valence-corrected chi connectivity index (χ3v) is 2.97. The smallest absolute Gasteiger partial charge is 0.168 e. The molecule has 4 heteroatoms. The lowest BCUT2D eigenvalue weighted by molar-refractivity contribution is -0.126. The van der Waals surface area contributed by atoms with Crippen LogP contribution in [-0.4, -0.2) is 26.5 Å². The van der Waals surface area contributed by atoms with Gasteiger partial charge in [0.15, 0.2) is 5.78 Å². The monoisotopic (exact) mass is 232 g/mol. The molecular formula is C13H16N2O2. The summed E-state index contributed by atoms with van der Waals surface area (Å²) < 4.78 is 1.90. The quantitative estimate of drug-likeness (QED) is 0.868.